The van der Waals surface area contributed by atoms with Crippen LogP contribution < -0.4 is 10.4 Å². The smallest absolute Gasteiger partial charge is 0.306 e. The molecule has 0 saturated carbocycles. The van der Waals surface area contributed by atoms with Crippen LogP contribution >= 0.6 is 0 Å². The number of hydrogen-bond acceptors (Lipinski definition) is 6. The first-order valence-electron chi connectivity index (χ1n) is 13.0. The van der Waals surface area contributed by atoms with Crippen LogP contribution in [0.15, 0.2) is 60.7 Å². The number of carbonyl (C=O) groups is 1. The zero-order valence-corrected chi connectivity index (χ0v) is 23.4. The summed E-state index contributed by atoms with van der Waals surface area (Å²) in [5.41, 5.74) is 0. The van der Waals surface area contributed by atoms with Crippen molar-refractivity contribution in [2.45, 2.75) is 77.1 Å². The van der Waals surface area contributed by atoms with E-state index in [0.717, 1.165) is 0 Å². The Balaban J connectivity index is 1.75. The normalized spacial score (nSPS) is 26.2. The Hall–Kier alpha value is -2.03. The second kappa shape index (κ2) is 10.8. The molecular weight excluding hydrogens is 472 g/mol. The summed E-state index contributed by atoms with van der Waals surface area (Å²) in [7, 11) is -2.83. The summed E-state index contributed by atoms with van der Waals surface area (Å²) in [6.45, 7) is 13.5. The molecule has 0 bridgehead atoms. The topological polar surface area (TPSA) is 63.2 Å². The number of carbonyl (C=O) groups excluding carboxylic acids is 1. The molecule has 2 fully saturated rings. The van der Waals surface area contributed by atoms with Gasteiger partial charge in [0.1, 0.15) is 6.10 Å². The van der Waals surface area contributed by atoms with Crippen LogP contribution in [0.4, 0.5) is 0 Å². The molecule has 2 aliphatic heterocycles. The van der Waals surface area contributed by atoms with E-state index in [9.17, 15) is 4.79 Å². The lowest BCUT2D eigenvalue weighted by atomic mass is 9.92. The Morgan fingerprint density at radius 1 is 1.00 bits per heavy atom. The molecule has 0 aromatic heterocycles. The maximum absolute atomic E-state index is 12.7. The third-order valence-electron chi connectivity index (χ3n) is 7.20. The van der Waals surface area contributed by atoms with Crippen molar-refractivity contribution in [2.24, 2.45) is 5.92 Å². The SMILES string of the molecule is CCOC(=O)C[C@@H]1[C@@H]([C@H]2COC(C)(C)O2)OC[C@@H]1O[Si](c1ccccc1)(c1ccccc1)C(C)(C)C. The first-order chi connectivity index (χ1) is 17.1. The molecule has 2 aromatic rings. The van der Waals surface area contributed by atoms with Gasteiger partial charge in [0, 0.05) is 5.92 Å². The van der Waals surface area contributed by atoms with Gasteiger partial charge in [-0.2, -0.15) is 0 Å². The monoisotopic (exact) mass is 512 g/mol. The molecule has 2 heterocycles. The van der Waals surface area contributed by atoms with Crippen LogP contribution in [-0.4, -0.2) is 58.2 Å². The van der Waals surface area contributed by atoms with E-state index in [0.29, 0.717) is 19.8 Å². The van der Waals surface area contributed by atoms with Crippen molar-refractivity contribution in [2.75, 3.05) is 19.8 Å². The highest BCUT2D eigenvalue weighted by Gasteiger charge is 2.55. The summed E-state index contributed by atoms with van der Waals surface area (Å²) in [5, 5.41) is 2.21. The highest BCUT2D eigenvalue weighted by atomic mass is 28.4. The third kappa shape index (κ3) is 5.45. The van der Waals surface area contributed by atoms with Gasteiger partial charge >= 0.3 is 5.97 Å². The van der Waals surface area contributed by atoms with Crippen molar-refractivity contribution in [3.8, 4) is 0 Å². The lowest BCUT2D eigenvalue weighted by molar-refractivity contribution is -0.157. The van der Waals surface area contributed by atoms with Gasteiger partial charge < -0.3 is 23.4 Å². The van der Waals surface area contributed by atoms with Crippen LogP contribution in [-0.2, 0) is 28.2 Å². The minimum atomic E-state index is -2.83. The summed E-state index contributed by atoms with van der Waals surface area (Å²) in [6, 6.07) is 21.1. The molecule has 0 amide bonds. The van der Waals surface area contributed by atoms with Gasteiger partial charge in [0.25, 0.3) is 8.32 Å². The molecule has 4 atom stereocenters. The fourth-order valence-corrected chi connectivity index (χ4v) is 10.3. The van der Waals surface area contributed by atoms with Crippen LogP contribution in [0.5, 0.6) is 0 Å². The highest BCUT2D eigenvalue weighted by molar-refractivity contribution is 6.99. The maximum atomic E-state index is 12.7. The van der Waals surface area contributed by atoms with Gasteiger partial charge in [-0.05, 0) is 36.2 Å². The number of rotatable bonds is 8. The Kier molecular flexibility index (Phi) is 8.07. The van der Waals surface area contributed by atoms with Crippen LogP contribution in [0.25, 0.3) is 0 Å². The molecule has 2 aliphatic rings. The van der Waals surface area contributed by atoms with E-state index in [2.05, 4.69) is 69.3 Å². The molecule has 6 nitrogen and oxygen atoms in total. The van der Waals surface area contributed by atoms with E-state index in [4.69, 9.17) is 23.4 Å². The third-order valence-corrected chi connectivity index (χ3v) is 12.3. The predicted molar refractivity (Wildman–Crippen MR) is 142 cm³/mol. The molecule has 2 aromatic carbocycles. The summed E-state index contributed by atoms with van der Waals surface area (Å²) in [5.74, 6) is -1.14. The molecule has 7 heteroatoms. The lowest BCUT2D eigenvalue weighted by Crippen LogP contribution is -2.68. The molecule has 0 N–H and O–H groups in total. The van der Waals surface area contributed by atoms with Gasteiger partial charge in [-0.15, -0.1) is 0 Å². The number of esters is 1. The largest absolute Gasteiger partial charge is 0.466 e. The van der Waals surface area contributed by atoms with E-state index >= 15 is 0 Å². The van der Waals surface area contributed by atoms with E-state index in [-0.39, 0.29) is 41.7 Å². The molecule has 2 saturated heterocycles. The van der Waals surface area contributed by atoms with Gasteiger partial charge in [0.2, 0.25) is 0 Å². The molecule has 196 valence electrons. The van der Waals surface area contributed by atoms with E-state index in [1.54, 1.807) is 0 Å². The summed E-state index contributed by atoms with van der Waals surface area (Å²) >= 11 is 0. The highest BCUT2D eigenvalue weighted by Crippen LogP contribution is 2.42. The summed E-state index contributed by atoms with van der Waals surface area (Å²) < 4.78 is 31.1. The number of benzene rings is 2. The zero-order chi connectivity index (χ0) is 26.0. The number of ether oxygens (including phenoxy) is 4. The Morgan fingerprint density at radius 2 is 1.58 bits per heavy atom. The quantitative estimate of drug-likeness (QED) is 0.393. The van der Waals surface area contributed by atoms with Crippen LogP contribution in [0.3, 0.4) is 0 Å². The Labute approximate surface area is 216 Å². The Bertz CT molecular complexity index is 964. The minimum absolute atomic E-state index is 0.183. The van der Waals surface area contributed by atoms with Gasteiger partial charge in [-0.25, -0.2) is 0 Å². The van der Waals surface area contributed by atoms with Crippen molar-refractivity contribution in [1.82, 2.24) is 0 Å². The van der Waals surface area contributed by atoms with Crippen LogP contribution in [0.1, 0.15) is 48.0 Å². The molecular formula is C29H40O6Si. The molecule has 0 aliphatic carbocycles. The standard InChI is InChI=1S/C29H40O6Si/c1-7-31-26(30)18-23-24(19-32-27(23)25-20-33-29(5,6)34-25)35-36(28(2,3)4,21-14-10-8-11-15-21)22-16-12-9-13-17-22/h8-17,23-25,27H,7,18-20H2,1-6H3/t23-,24-,25+,27-/m0/s1. The van der Waals surface area contributed by atoms with Gasteiger partial charge in [-0.3, -0.25) is 4.79 Å². The van der Waals surface area contributed by atoms with E-state index in [1.165, 1.54) is 10.4 Å². The van der Waals surface area contributed by atoms with Crippen molar-refractivity contribution < 1.29 is 28.2 Å². The second-order valence-corrected chi connectivity index (χ2v) is 15.4. The first kappa shape index (κ1) is 27.0. The fourth-order valence-electron chi connectivity index (χ4n) is 5.62. The van der Waals surface area contributed by atoms with Crippen molar-refractivity contribution in [3.05, 3.63) is 60.7 Å². The zero-order valence-electron chi connectivity index (χ0n) is 22.4. The van der Waals surface area contributed by atoms with Crippen LogP contribution in [0, 0.1) is 5.92 Å². The van der Waals surface area contributed by atoms with Crippen molar-refractivity contribution in [1.29, 1.82) is 0 Å². The molecule has 36 heavy (non-hydrogen) atoms. The predicted octanol–water partition coefficient (Wildman–Crippen LogP) is 4.05. The minimum Gasteiger partial charge on any atom is -0.466 e. The number of hydrogen-bond donors (Lipinski definition) is 0. The Morgan fingerprint density at radius 3 is 2.06 bits per heavy atom. The lowest BCUT2D eigenvalue weighted by Gasteiger charge is -2.45. The van der Waals surface area contributed by atoms with E-state index in [1.807, 2.05) is 32.9 Å². The average molecular weight is 513 g/mol. The maximum Gasteiger partial charge on any atom is 0.306 e. The fraction of sp³-hybridized carbons (Fsp3) is 0.552. The van der Waals surface area contributed by atoms with Crippen molar-refractivity contribution in [3.63, 3.8) is 0 Å². The van der Waals surface area contributed by atoms with Gasteiger partial charge in [0.05, 0.1) is 38.4 Å². The molecule has 4 rings (SSSR count). The average Bonchev–Trinajstić information content (AvgIpc) is 3.39. The van der Waals surface area contributed by atoms with E-state index < -0.39 is 14.1 Å². The molecule has 0 unspecified atom stereocenters. The summed E-state index contributed by atoms with van der Waals surface area (Å²) in [4.78, 5) is 12.7. The molecule has 0 spiro atoms. The van der Waals surface area contributed by atoms with Gasteiger partial charge in [0.15, 0.2) is 5.79 Å². The van der Waals surface area contributed by atoms with Gasteiger partial charge in [-0.1, -0.05) is 81.4 Å². The second-order valence-electron chi connectivity index (χ2n) is 11.2. The van der Waals surface area contributed by atoms with Crippen LogP contribution in [0.2, 0.25) is 5.04 Å². The van der Waals surface area contributed by atoms with Crippen molar-refractivity contribution >= 4 is 24.7 Å². The molecule has 0 radical (unpaired) electrons. The summed E-state index contributed by atoms with van der Waals surface area (Å²) in [6.07, 6.45) is -0.675. The first-order valence-corrected chi connectivity index (χ1v) is 14.9.